The smallest absolute Gasteiger partial charge is 0.372 e. The van der Waals surface area contributed by atoms with Gasteiger partial charge in [0.25, 0.3) is 0 Å². The molecule has 0 aliphatic rings. The van der Waals surface area contributed by atoms with E-state index in [1.165, 1.54) is 0 Å². The molecule has 2 rings (SSSR count). The zero-order valence-electron chi connectivity index (χ0n) is 11.7. The van der Waals surface area contributed by atoms with Crippen molar-refractivity contribution in [3.05, 3.63) is 35.6 Å². The molecule has 0 saturated heterocycles. The van der Waals surface area contributed by atoms with Crippen LogP contribution in [-0.4, -0.2) is 40.8 Å². The number of benzene rings is 1. The molecule has 5 nitrogen and oxygen atoms in total. The number of thioether (sulfide) groups is 1. The quantitative estimate of drug-likeness (QED) is 0.617. The first-order valence-corrected chi connectivity index (χ1v) is 8.02. The van der Waals surface area contributed by atoms with Gasteiger partial charge in [0.15, 0.2) is 0 Å². The van der Waals surface area contributed by atoms with Crippen molar-refractivity contribution < 1.29 is 19.4 Å². The summed E-state index contributed by atoms with van der Waals surface area (Å²) in [5, 5.41) is 22.0. The number of aliphatic hydroxyl groups is 1. The summed E-state index contributed by atoms with van der Waals surface area (Å²) >= 11 is 1.77. The second-order valence-electron chi connectivity index (χ2n) is 4.58. The molecule has 0 saturated carbocycles. The monoisotopic (exact) mass is 309 g/mol. The number of carboxylic acid groups (broad SMARTS) is 1. The van der Waals surface area contributed by atoms with Crippen LogP contribution in [0.5, 0.6) is 0 Å². The van der Waals surface area contributed by atoms with E-state index >= 15 is 0 Å². The van der Waals surface area contributed by atoms with Crippen molar-refractivity contribution >= 4 is 28.7 Å². The van der Waals surface area contributed by atoms with Gasteiger partial charge in [-0.05, 0) is 18.2 Å². The first kappa shape index (κ1) is 15.9. The average Bonchev–Trinajstić information content (AvgIpc) is 2.85. The summed E-state index contributed by atoms with van der Waals surface area (Å²) in [5.74, 6) is 0.836. The SMILES string of the molecule is O=C(O)c1oc2ccccc2c1CNCCSCCCO. The fraction of sp³-hybridized carbons (Fsp3) is 0.400. The Labute approximate surface area is 127 Å². The standard InChI is InChI=1S/C15H19NO4S/c17-7-3-8-21-9-6-16-10-12-11-4-1-2-5-13(11)20-14(12)15(18)19/h1-2,4-5,16-17H,3,6-10H2,(H,18,19). The van der Waals surface area contributed by atoms with Crippen molar-refractivity contribution in [3.63, 3.8) is 0 Å². The second kappa shape index (κ2) is 8.07. The topological polar surface area (TPSA) is 82.7 Å². The lowest BCUT2D eigenvalue weighted by Crippen LogP contribution is -2.18. The highest BCUT2D eigenvalue weighted by Gasteiger charge is 2.18. The van der Waals surface area contributed by atoms with Crippen LogP contribution in [0.2, 0.25) is 0 Å². The number of hydrogen-bond donors (Lipinski definition) is 3. The number of aliphatic hydroxyl groups excluding tert-OH is 1. The largest absolute Gasteiger partial charge is 0.475 e. The third kappa shape index (κ3) is 4.23. The van der Waals surface area contributed by atoms with E-state index < -0.39 is 5.97 Å². The number of aromatic carboxylic acids is 1. The second-order valence-corrected chi connectivity index (χ2v) is 5.80. The summed E-state index contributed by atoms with van der Waals surface area (Å²) in [7, 11) is 0. The van der Waals surface area contributed by atoms with E-state index in [-0.39, 0.29) is 12.4 Å². The zero-order valence-corrected chi connectivity index (χ0v) is 12.5. The molecule has 6 heteroatoms. The molecular weight excluding hydrogens is 290 g/mol. The highest BCUT2D eigenvalue weighted by Crippen LogP contribution is 2.25. The molecule has 21 heavy (non-hydrogen) atoms. The molecular formula is C15H19NO4S. The van der Waals surface area contributed by atoms with Gasteiger partial charge in [-0.3, -0.25) is 0 Å². The van der Waals surface area contributed by atoms with Gasteiger partial charge in [-0.15, -0.1) is 0 Å². The number of furan rings is 1. The minimum atomic E-state index is -1.04. The van der Waals surface area contributed by atoms with E-state index in [0.29, 0.717) is 17.7 Å². The molecule has 0 aliphatic carbocycles. The fourth-order valence-corrected chi connectivity index (χ4v) is 2.90. The summed E-state index contributed by atoms with van der Waals surface area (Å²) < 4.78 is 5.40. The van der Waals surface area contributed by atoms with Gasteiger partial charge in [0, 0.05) is 36.4 Å². The van der Waals surface area contributed by atoms with Crippen LogP contribution in [0.4, 0.5) is 0 Å². The van der Waals surface area contributed by atoms with Crippen LogP contribution < -0.4 is 5.32 Å². The van der Waals surface area contributed by atoms with Crippen LogP contribution in [0, 0.1) is 0 Å². The average molecular weight is 309 g/mol. The molecule has 2 aromatic rings. The Kier molecular flexibility index (Phi) is 6.10. The molecule has 0 bridgehead atoms. The third-order valence-corrected chi connectivity index (χ3v) is 4.13. The number of carbonyl (C=O) groups is 1. The van der Waals surface area contributed by atoms with Gasteiger partial charge >= 0.3 is 5.97 Å². The van der Waals surface area contributed by atoms with Crippen LogP contribution >= 0.6 is 11.8 Å². The van der Waals surface area contributed by atoms with E-state index in [1.54, 1.807) is 17.8 Å². The molecule has 0 fully saturated rings. The van der Waals surface area contributed by atoms with E-state index in [4.69, 9.17) is 9.52 Å². The van der Waals surface area contributed by atoms with Gasteiger partial charge in [0.2, 0.25) is 5.76 Å². The highest BCUT2D eigenvalue weighted by molar-refractivity contribution is 7.99. The van der Waals surface area contributed by atoms with Crippen LogP contribution in [0.15, 0.2) is 28.7 Å². The Balaban J connectivity index is 1.94. The molecule has 0 atom stereocenters. The number of carboxylic acids is 1. The molecule has 114 valence electrons. The Morgan fingerprint density at radius 1 is 1.29 bits per heavy atom. The van der Waals surface area contributed by atoms with E-state index in [0.717, 1.165) is 29.9 Å². The first-order chi connectivity index (χ1) is 10.2. The van der Waals surface area contributed by atoms with Crippen molar-refractivity contribution in [1.82, 2.24) is 5.32 Å². The summed E-state index contributed by atoms with van der Waals surface area (Å²) in [6, 6.07) is 7.35. The minimum Gasteiger partial charge on any atom is -0.475 e. The molecule has 3 N–H and O–H groups in total. The van der Waals surface area contributed by atoms with Gasteiger partial charge in [0.1, 0.15) is 5.58 Å². The summed E-state index contributed by atoms with van der Waals surface area (Å²) in [5.41, 5.74) is 1.29. The lowest BCUT2D eigenvalue weighted by Gasteiger charge is -2.04. The van der Waals surface area contributed by atoms with Gasteiger partial charge < -0.3 is 19.9 Å². The molecule has 1 aromatic heterocycles. The number of fused-ring (bicyclic) bond motifs is 1. The maximum atomic E-state index is 11.2. The fourth-order valence-electron chi connectivity index (χ4n) is 2.07. The Bertz CT molecular complexity index is 596. The molecule has 0 aliphatic heterocycles. The van der Waals surface area contributed by atoms with Crippen LogP contribution in [0.3, 0.4) is 0 Å². The molecule has 0 spiro atoms. The number of rotatable bonds is 9. The van der Waals surface area contributed by atoms with Gasteiger partial charge in [0.05, 0.1) is 0 Å². The van der Waals surface area contributed by atoms with Crippen LogP contribution in [0.25, 0.3) is 11.0 Å². The van der Waals surface area contributed by atoms with E-state index in [1.807, 2.05) is 18.2 Å². The number of nitrogens with one attached hydrogen (secondary N) is 1. The Morgan fingerprint density at radius 2 is 2.10 bits per heavy atom. The van der Waals surface area contributed by atoms with Crippen molar-refractivity contribution in [3.8, 4) is 0 Å². The van der Waals surface area contributed by atoms with Gasteiger partial charge in [-0.1, -0.05) is 18.2 Å². The first-order valence-electron chi connectivity index (χ1n) is 6.87. The predicted octanol–water partition coefficient (Wildman–Crippen LogP) is 2.34. The molecule has 1 aromatic carbocycles. The summed E-state index contributed by atoms with van der Waals surface area (Å²) in [6.45, 7) is 1.48. The normalized spacial score (nSPS) is 11.1. The maximum Gasteiger partial charge on any atom is 0.372 e. The summed E-state index contributed by atoms with van der Waals surface area (Å²) in [6.07, 6.45) is 0.806. The van der Waals surface area contributed by atoms with Gasteiger partial charge in [-0.25, -0.2) is 4.79 Å². The van der Waals surface area contributed by atoms with Crippen molar-refractivity contribution in [1.29, 1.82) is 0 Å². The van der Waals surface area contributed by atoms with Crippen LogP contribution in [0.1, 0.15) is 22.5 Å². The maximum absolute atomic E-state index is 11.2. The predicted molar refractivity (Wildman–Crippen MR) is 83.9 cm³/mol. The lowest BCUT2D eigenvalue weighted by molar-refractivity contribution is 0.0663. The molecule has 1 heterocycles. The molecule has 0 radical (unpaired) electrons. The molecule has 0 amide bonds. The molecule has 0 unspecified atom stereocenters. The number of hydrogen-bond acceptors (Lipinski definition) is 5. The zero-order chi connectivity index (χ0) is 15.1. The number of para-hydroxylation sites is 1. The Hall–Kier alpha value is -1.50. The van der Waals surface area contributed by atoms with Crippen molar-refractivity contribution in [2.75, 3.05) is 24.7 Å². The lowest BCUT2D eigenvalue weighted by atomic mass is 10.1. The van der Waals surface area contributed by atoms with Crippen LogP contribution in [-0.2, 0) is 6.54 Å². The Morgan fingerprint density at radius 3 is 2.86 bits per heavy atom. The summed E-state index contributed by atoms with van der Waals surface area (Å²) in [4.78, 5) is 11.2. The van der Waals surface area contributed by atoms with E-state index in [2.05, 4.69) is 5.32 Å². The van der Waals surface area contributed by atoms with E-state index in [9.17, 15) is 9.90 Å². The highest BCUT2D eigenvalue weighted by atomic mass is 32.2. The van der Waals surface area contributed by atoms with Crippen molar-refractivity contribution in [2.45, 2.75) is 13.0 Å². The van der Waals surface area contributed by atoms with Gasteiger partial charge in [-0.2, -0.15) is 11.8 Å². The van der Waals surface area contributed by atoms with Crippen molar-refractivity contribution in [2.24, 2.45) is 0 Å². The third-order valence-electron chi connectivity index (χ3n) is 3.06. The minimum absolute atomic E-state index is 0.0108.